The second kappa shape index (κ2) is 5.39. The molecule has 1 saturated heterocycles. The van der Waals surface area contributed by atoms with Crippen LogP contribution in [0.3, 0.4) is 0 Å². The number of benzene rings is 1. The fraction of sp³-hybridized carbons (Fsp3) is 0.467. The summed E-state index contributed by atoms with van der Waals surface area (Å²) in [5, 5.41) is 7.42. The van der Waals surface area contributed by atoms with Gasteiger partial charge in [0, 0.05) is 18.9 Å². The van der Waals surface area contributed by atoms with Gasteiger partial charge in [-0.05, 0) is 42.5 Å². The molecule has 21 heavy (non-hydrogen) atoms. The molecule has 4 rings (SSSR count). The highest BCUT2D eigenvalue weighted by atomic mass is 35.5. The van der Waals surface area contributed by atoms with E-state index in [1.807, 2.05) is 6.07 Å². The Bertz CT molecular complexity index is 639. The maximum absolute atomic E-state index is 13.1. The standard InChI is InChI=1S/C15H16FN3O.ClH/c16-11-3-1-2-10(6-11)7-13-18-14(20-19-13)12-8-15(12)4-5-17-9-15;/h1-3,6,12,17H,4-5,7-9H2;1H. The van der Waals surface area contributed by atoms with E-state index in [1.165, 1.54) is 18.6 Å². The average molecular weight is 310 g/mol. The molecule has 1 aliphatic heterocycles. The van der Waals surface area contributed by atoms with Gasteiger partial charge < -0.3 is 9.84 Å². The molecule has 1 aliphatic carbocycles. The van der Waals surface area contributed by atoms with Gasteiger partial charge in [0.25, 0.3) is 0 Å². The monoisotopic (exact) mass is 309 g/mol. The Morgan fingerprint density at radius 3 is 3.10 bits per heavy atom. The molecule has 1 aromatic carbocycles. The Hall–Kier alpha value is -1.46. The number of halogens is 2. The first-order valence-corrected chi connectivity index (χ1v) is 7.03. The van der Waals surface area contributed by atoms with Crippen molar-refractivity contribution < 1.29 is 8.91 Å². The summed E-state index contributed by atoms with van der Waals surface area (Å²) >= 11 is 0. The zero-order chi connectivity index (χ0) is 13.6. The van der Waals surface area contributed by atoms with E-state index in [2.05, 4.69) is 15.5 Å². The quantitative estimate of drug-likeness (QED) is 0.947. The van der Waals surface area contributed by atoms with E-state index >= 15 is 0 Å². The first-order chi connectivity index (χ1) is 9.75. The summed E-state index contributed by atoms with van der Waals surface area (Å²) in [6, 6.07) is 6.52. The van der Waals surface area contributed by atoms with E-state index in [1.54, 1.807) is 6.07 Å². The molecule has 2 aromatic rings. The second-order valence-electron chi connectivity index (χ2n) is 5.90. The van der Waals surface area contributed by atoms with Crippen molar-refractivity contribution in [1.82, 2.24) is 15.5 Å². The van der Waals surface area contributed by atoms with Crippen LogP contribution in [0.2, 0.25) is 0 Å². The topological polar surface area (TPSA) is 51.0 Å². The molecular formula is C15H17ClFN3O. The van der Waals surface area contributed by atoms with Gasteiger partial charge in [-0.3, -0.25) is 0 Å². The number of nitrogens with one attached hydrogen (secondary N) is 1. The van der Waals surface area contributed by atoms with Gasteiger partial charge in [0.05, 0.1) is 0 Å². The predicted octanol–water partition coefficient (Wildman–Crippen LogP) is 2.69. The first-order valence-electron chi connectivity index (χ1n) is 7.03. The van der Waals surface area contributed by atoms with Crippen LogP contribution < -0.4 is 5.32 Å². The lowest BCUT2D eigenvalue weighted by Crippen LogP contribution is -2.10. The average Bonchev–Trinajstić information content (AvgIpc) is 2.77. The van der Waals surface area contributed by atoms with E-state index in [9.17, 15) is 4.39 Å². The van der Waals surface area contributed by atoms with E-state index in [0.29, 0.717) is 23.6 Å². The minimum Gasteiger partial charge on any atom is -0.339 e. The fourth-order valence-electron chi connectivity index (χ4n) is 3.24. The maximum atomic E-state index is 13.1. The Kier molecular flexibility index (Phi) is 3.71. The third kappa shape index (κ3) is 2.68. The summed E-state index contributed by atoms with van der Waals surface area (Å²) in [6.45, 7) is 2.14. The Balaban J connectivity index is 0.00000132. The molecule has 2 heterocycles. The summed E-state index contributed by atoms with van der Waals surface area (Å²) in [5.41, 5.74) is 1.23. The Morgan fingerprint density at radius 1 is 1.43 bits per heavy atom. The van der Waals surface area contributed by atoms with Crippen molar-refractivity contribution in [1.29, 1.82) is 0 Å². The highest BCUT2D eigenvalue weighted by molar-refractivity contribution is 5.85. The van der Waals surface area contributed by atoms with Crippen molar-refractivity contribution in [3.8, 4) is 0 Å². The highest BCUT2D eigenvalue weighted by Crippen LogP contribution is 2.62. The van der Waals surface area contributed by atoms with Crippen molar-refractivity contribution >= 4 is 12.4 Å². The lowest BCUT2D eigenvalue weighted by Gasteiger charge is -2.02. The maximum Gasteiger partial charge on any atom is 0.230 e. The van der Waals surface area contributed by atoms with Crippen molar-refractivity contribution in [2.24, 2.45) is 5.41 Å². The number of hydrogen-bond donors (Lipinski definition) is 1. The van der Waals surface area contributed by atoms with Gasteiger partial charge in [0.1, 0.15) is 5.82 Å². The van der Waals surface area contributed by atoms with Crippen LogP contribution in [0.25, 0.3) is 0 Å². The fourth-order valence-corrected chi connectivity index (χ4v) is 3.24. The molecular weight excluding hydrogens is 293 g/mol. The molecule has 112 valence electrons. The van der Waals surface area contributed by atoms with E-state index in [4.69, 9.17) is 4.52 Å². The molecule has 6 heteroatoms. The van der Waals surface area contributed by atoms with Gasteiger partial charge in [0.2, 0.25) is 5.89 Å². The number of aromatic nitrogens is 2. The molecule has 0 amide bonds. The number of rotatable bonds is 3. The van der Waals surface area contributed by atoms with E-state index in [-0.39, 0.29) is 18.2 Å². The van der Waals surface area contributed by atoms with Gasteiger partial charge in [-0.2, -0.15) is 4.98 Å². The van der Waals surface area contributed by atoms with Crippen LogP contribution in [0.5, 0.6) is 0 Å². The molecule has 0 radical (unpaired) electrons. The van der Waals surface area contributed by atoms with Crippen LogP contribution in [0.4, 0.5) is 4.39 Å². The van der Waals surface area contributed by atoms with Crippen LogP contribution >= 0.6 is 12.4 Å². The lowest BCUT2D eigenvalue weighted by atomic mass is 10.0. The molecule has 1 aromatic heterocycles. The zero-order valence-corrected chi connectivity index (χ0v) is 12.3. The summed E-state index contributed by atoms with van der Waals surface area (Å²) < 4.78 is 18.5. The predicted molar refractivity (Wildman–Crippen MR) is 78.0 cm³/mol. The van der Waals surface area contributed by atoms with Crippen molar-refractivity contribution in [3.05, 3.63) is 47.4 Å². The van der Waals surface area contributed by atoms with E-state index in [0.717, 1.165) is 31.0 Å². The number of hydrogen-bond acceptors (Lipinski definition) is 4. The van der Waals surface area contributed by atoms with Crippen LogP contribution in [-0.2, 0) is 6.42 Å². The third-order valence-corrected chi connectivity index (χ3v) is 4.50. The SMILES string of the molecule is Cl.Fc1cccc(Cc2noc(C3CC34CCNC4)n2)c1. The van der Waals surface area contributed by atoms with Crippen LogP contribution in [0.15, 0.2) is 28.8 Å². The lowest BCUT2D eigenvalue weighted by molar-refractivity contribution is 0.360. The van der Waals surface area contributed by atoms with Crippen LogP contribution in [-0.4, -0.2) is 23.2 Å². The summed E-state index contributed by atoms with van der Waals surface area (Å²) in [6.07, 6.45) is 2.85. The normalized spacial score (nSPS) is 26.8. The van der Waals surface area contributed by atoms with Crippen molar-refractivity contribution in [2.75, 3.05) is 13.1 Å². The molecule has 1 saturated carbocycles. The van der Waals surface area contributed by atoms with Gasteiger partial charge in [-0.15, -0.1) is 12.4 Å². The molecule has 1 spiro atoms. The van der Waals surface area contributed by atoms with Crippen LogP contribution in [0.1, 0.15) is 36.0 Å². The van der Waals surface area contributed by atoms with Crippen LogP contribution in [0, 0.1) is 11.2 Å². The third-order valence-electron chi connectivity index (χ3n) is 4.50. The summed E-state index contributed by atoms with van der Waals surface area (Å²) in [4.78, 5) is 4.49. The molecule has 2 fully saturated rings. The molecule has 0 bridgehead atoms. The van der Waals surface area contributed by atoms with Crippen molar-refractivity contribution in [3.63, 3.8) is 0 Å². The van der Waals surface area contributed by atoms with Gasteiger partial charge in [-0.1, -0.05) is 17.3 Å². The molecule has 2 aliphatic rings. The minimum absolute atomic E-state index is 0. The van der Waals surface area contributed by atoms with Gasteiger partial charge in [0.15, 0.2) is 5.82 Å². The highest BCUT2D eigenvalue weighted by Gasteiger charge is 2.58. The minimum atomic E-state index is -0.232. The molecule has 4 nitrogen and oxygen atoms in total. The zero-order valence-electron chi connectivity index (χ0n) is 11.5. The Labute approximate surface area is 128 Å². The summed E-state index contributed by atoms with van der Waals surface area (Å²) in [7, 11) is 0. The second-order valence-corrected chi connectivity index (χ2v) is 5.90. The molecule has 2 atom stereocenters. The summed E-state index contributed by atoms with van der Waals surface area (Å²) in [5.74, 6) is 1.56. The van der Waals surface area contributed by atoms with Gasteiger partial charge in [-0.25, -0.2) is 4.39 Å². The largest absolute Gasteiger partial charge is 0.339 e. The number of nitrogens with zero attached hydrogens (tertiary/aromatic N) is 2. The molecule has 1 N–H and O–H groups in total. The molecule has 2 unspecified atom stereocenters. The van der Waals surface area contributed by atoms with Gasteiger partial charge >= 0.3 is 0 Å². The smallest absolute Gasteiger partial charge is 0.230 e. The Morgan fingerprint density at radius 2 is 2.33 bits per heavy atom. The van der Waals surface area contributed by atoms with Crippen molar-refractivity contribution in [2.45, 2.75) is 25.2 Å². The van der Waals surface area contributed by atoms with E-state index < -0.39 is 0 Å². The first kappa shape index (κ1) is 14.5.